The van der Waals surface area contributed by atoms with Crippen LogP contribution < -0.4 is 15.4 Å². The molecule has 1 amide bonds. The van der Waals surface area contributed by atoms with Crippen molar-refractivity contribution in [1.29, 1.82) is 0 Å². The van der Waals surface area contributed by atoms with Gasteiger partial charge in [0.1, 0.15) is 5.75 Å². The van der Waals surface area contributed by atoms with Crippen LogP contribution in [0.2, 0.25) is 0 Å². The molecule has 1 atom stereocenters. The fraction of sp³-hybridized carbons (Fsp3) is 0.364. The van der Waals surface area contributed by atoms with Gasteiger partial charge in [0.15, 0.2) is 5.82 Å². The number of carbonyl (C=O) groups excluding carboxylic acids is 1. The van der Waals surface area contributed by atoms with E-state index in [1.165, 1.54) is 12.0 Å². The summed E-state index contributed by atoms with van der Waals surface area (Å²) in [6, 6.07) is 13.8. The molecule has 1 saturated heterocycles. The van der Waals surface area contributed by atoms with E-state index in [4.69, 9.17) is 4.74 Å². The second-order valence-electron chi connectivity index (χ2n) is 7.66. The van der Waals surface area contributed by atoms with Gasteiger partial charge in [-0.15, -0.1) is 17.5 Å². The molecule has 2 aromatic carbocycles. The van der Waals surface area contributed by atoms with Crippen LogP contribution in [0.5, 0.6) is 5.75 Å². The summed E-state index contributed by atoms with van der Waals surface area (Å²) in [6.45, 7) is 4.02. The minimum Gasteiger partial charge on any atom is -0.497 e. The number of methoxy groups -OCH3 is 1. The van der Waals surface area contributed by atoms with Gasteiger partial charge in [-0.3, -0.25) is 4.79 Å². The average Bonchev–Trinajstić information content (AvgIpc) is 3.40. The van der Waals surface area contributed by atoms with E-state index in [0.717, 1.165) is 30.8 Å². The molecular weight excluding hydrogens is 416 g/mol. The molecule has 2 N–H and O–H groups in total. The van der Waals surface area contributed by atoms with E-state index in [0.29, 0.717) is 29.6 Å². The molecule has 164 valence electrons. The maximum Gasteiger partial charge on any atom is 0.228 e. The first-order chi connectivity index (χ1) is 14.6. The minimum absolute atomic E-state index is 0. The number of tetrazole rings is 1. The van der Waals surface area contributed by atoms with Crippen LogP contribution in [-0.2, 0) is 17.6 Å². The standard InChI is InChI=1S/C22H26N6O2.ClH/c1-15-25-26-27-28(15)20-11-19(12-21(13-20)30-2)24-22(29)10-17-5-3-16(4-6-17)9-18-7-8-23-14-18;/h3-6,11-13,18,23H,7-10,14H2,1-2H3,(H,24,29);1H. The smallest absolute Gasteiger partial charge is 0.228 e. The largest absolute Gasteiger partial charge is 0.497 e. The number of aryl methyl sites for hydroxylation is 1. The number of aromatic nitrogens is 4. The van der Waals surface area contributed by atoms with Crippen LogP contribution >= 0.6 is 12.4 Å². The monoisotopic (exact) mass is 442 g/mol. The molecule has 1 aliphatic heterocycles. The Hall–Kier alpha value is -2.97. The molecule has 0 radical (unpaired) electrons. The van der Waals surface area contributed by atoms with Crippen LogP contribution in [0.25, 0.3) is 5.69 Å². The van der Waals surface area contributed by atoms with Crippen molar-refractivity contribution in [3.05, 3.63) is 59.4 Å². The highest BCUT2D eigenvalue weighted by atomic mass is 35.5. The Kier molecular flexibility index (Phi) is 7.59. The number of amides is 1. The first-order valence-electron chi connectivity index (χ1n) is 10.1. The summed E-state index contributed by atoms with van der Waals surface area (Å²) in [5.74, 6) is 1.89. The molecule has 31 heavy (non-hydrogen) atoms. The highest BCUT2D eigenvalue weighted by Gasteiger charge is 2.15. The Morgan fingerprint density at radius 3 is 2.65 bits per heavy atom. The highest BCUT2D eigenvalue weighted by Crippen LogP contribution is 2.24. The number of nitrogens with one attached hydrogen (secondary N) is 2. The maximum atomic E-state index is 12.6. The van der Waals surface area contributed by atoms with Crippen LogP contribution in [0, 0.1) is 12.8 Å². The van der Waals surface area contributed by atoms with Gasteiger partial charge in [0.05, 0.1) is 19.2 Å². The summed E-state index contributed by atoms with van der Waals surface area (Å²) < 4.78 is 6.96. The molecule has 8 nitrogen and oxygen atoms in total. The second-order valence-corrected chi connectivity index (χ2v) is 7.66. The lowest BCUT2D eigenvalue weighted by atomic mass is 9.97. The maximum absolute atomic E-state index is 12.6. The summed E-state index contributed by atoms with van der Waals surface area (Å²) >= 11 is 0. The number of ether oxygens (including phenoxy) is 1. The molecule has 1 unspecified atom stereocenters. The summed E-state index contributed by atoms with van der Waals surface area (Å²) in [6.07, 6.45) is 2.63. The topological polar surface area (TPSA) is 94.0 Å². The van der Waals surface area contributed by atoms with Crippen molar-refractivity contribution in [3.8, 4) is 11.4 Å². The van der Waals surface area contributed by atoms with Crippen LogP contribution in [-0.4, -0.2) is 46.3 Å². The summed E-state index contributed by atoms with van der Waals surface area (Å²) in [4.78, 5) is 12.6. The Bertz CT molecular complexity index is 1020. The van der Waals surface area contributed by atoms with E-state index in [1.807, 2.05) is 31.2 Å². The van der Waals surface area contributed by atoms with Gasteiger partial charge in [0, 0.05) is 17.8 Å². The Morgan fingerprint density at radius 1 is 1.23 bits per heavy atom. The lowest BCUT2D eigenvalue weighted by molar-refractivity contribution is -0.115. The van der Waals surface area contributed by atoms with Crippen molar-refractivity contribution in [1.82, 2.24) is 25.5 Å². The first-order valence-corrected chi connectivity index (χ1v) is 10.1. The van der Waals surface area contributed by atoms with Gasteiger partial charge >= 0.3 is 0 Å². The van der Waals surface area contributed by atoms with Crippen molar-refractivity contribution in [2.24, 2.45) is 5.92 Å². The average molecular weight is 443 g/mol. The predicted molar refractivity (Wildman–Crippen MR) is 121 cm³/mol. The molecule has 3 aromatic rings. The lowest BCUT2D eigenvalue weighted by Crippen LogP contribution is -2.15. The van der Waals surface area contributed by atoms with E-state index in [1.54, 1.807) is 17.9 Å². The number of anilines is 1. The van der Waals surface area contributed by atoms with Crippen molar-refractivity contribution in [3.63, 3.8) is 0 Å². The van der Waals surface area contributed by atoms with Gasteiger partial charge in [-0.1, -0.05) is 24.3 Å². The van der Waals surface area contributed by atoms with Crippen LogP contribution in [0.3, 0.4) is 0 Å². The van der Waals surface area contributed by atoms with Gasteiger partial charge in [-0.05, 0) is 66.4 Å². The zero-order valence-electron chi connectivity index (χ0n) is 17.7. The SMILES string of the molecule is COc1cc(NC(=O)Cc2ccc(CC3CCNC3)cc2)cc(-n2nnnc2C)c1.Cl. The van der Waals surface area contributed by atoms with Gasteiger partial charge in [0.2, 0.25) is 5.91 Å². The fourth-order valence-electron chi connectivity index (χ4n) is 3.77. The van der Waals surface area contributed by atoms with Crippen LogP contribution in [0.15, 0.2) is 42.5 Å². The molecule has 2 heterocycles. The second kappa shape index (κ2) is 10.4. The zero-order chi connectivity index (χ0) is 20.9. The molecule has 4 rings (SSSR count). The Morgan fingerprint density at radius 2 is 2.00 bits per heavy atom. The summed E-state index contributed by atoms with van der Waals surface area (Å²) in [7, 11) is 1.58. The Labute approximate surface area is 187 Å². The summed E-state index contributed by atoms with van der Waals surface area (Å²) in [5, 5.41) is 17.9. The number of hydrogen-bond donors (Lipinski definition) is 2. The zero-order valence-corrected chi connectivity index (χ0v) is 18.5. The van der Waals surface area contributed by atoms with Gasteiger partial charge in [0.25, 0.3) is 0 Å². The number of rotatable bonds is 7. The summed E-state index contributed by atoms with van der Waals surface area (Å²) in [5.41, 5.74) is 3.66. The van der Waals surface area contributed by atoms with Crippen molar-refractivity contribution in [2.75, 3.05) is 25.5 Å². The number of hydrogen-bond acceptors (Lipinski definition) is 6. The van der Waals surface area contributed by atoms with E-state index < -0.39 is 0 Å². The molecule has 1 aliphatic rings. The van der Waals surface area contributed by atoms with Gasteiger partial charge < -0.3 is 15.4 Å². The molecule has 9 heteroatoms. The predicted octanol–water partition coefficient (Wildman–Crippen LogP) is 2.73. The molecule has 0 saturated carbocycles. The normalized spacial score (nSPS) is 15.4. The van der Waals surface area contributed by atoms with Crippen molar-refractivity contribution < 1.29 is 9.53 Å². The quantitative estimate of drug-likeness (QED) is 0.584. The first kappa shape index (κ1) is 22.7. The van der Waals surface area contributed by atoms with Gasteiger partial charge in [-0.2, -0.15) is 4.68 Å². The number of nitrogens with zero attached hydrogens (tertiary/aromatic N) is 4. The number of halogens is 1. The number of carbonyl (C=O) groups is 1. The third kappa shape index (κ3) is 5.80. The molecular formula is C22H27ClN6O2. The Balaban J connectivity index is 0.00000272. The molecule has 0 spiro atoms. The van der Waals surface area contributed by atoms with Gasteiger partial charge in [-0.25, -0.2) is 0 Å². The minimum atomic E-state index is -0.0876. The van der Waals surface area contributed by atoms with E-state index in [9.17, 15) is 4.79 Å². The third-order valence-electron chi connectivity index (χ3n) is 5.36. The van der Waals surface area contributed by atoms with Crippen LogP contribution in [0.4, 0.5) is 5.69 Å². The van der Waals surface area contributed by atoms with E-state index in [2.05, 4.69) is 38.3 Å². The molecule has 1 aromatic heterocycles. The third-order valence-corrected chi connectivity index (χ3v) is 5.36. The molecule has 0 bridgehead atoms. The molecule has 0 aliphatic carbocycles. The van der Waals surface area contributed by atoms with Crippen molar-refractivity contribution >= 4 is 24.0 Å². The van der Waals surface area contributed by atoms with Crippen LogP contribution in [0.1, 0.15) is 23.4 Å². The lowest BCUT2D eigenvalue weighted by Gasteiger charge is -2.11. The van der Waals surface area contributed by atoms with Crippen molar-refractivity contribution in [2.45, 2.75) is 26.2 Å². The fourth-order valence-corrected chi connectivity index (χ4v) is 3.77. The van der Waals surface area contributed by atoms with E-state index >= 15 is 0 Å². The molecule has 1 fully saturated rings. The number of benzene rings is 2. The van der Waals surface area contributed by atoms with E-state index in [-0.39, 0.29) is 18.3 Å². The highest BCUT2D eigenvalue weighted by molar-refractivity contribution is 5.92.